The Morgan fingerprint density at radius 2 is 2.50 bits per heavy atom. The third kappa shape index (κ3) is 1.74. The van der Waals surface area contributed by atoms with Gasteiger partial charge in [0.15, 0.2) is 0 Å². The van der Waals surface area contributed by atoms with Gasteiger partial charge in [0.2, 0.25) is 5.01 Å². The molecule has 16 heavy (non-hydrogen) atoms. The van der Waals surface area contributed by atoms with Crippen LogP contribution in [0, 0.1) is 5.92 Å². The lowest BCUT2D eigenvalue weighted by atomic mass is 10.1. The summed E-state index contributed by atoms with van der Waals surface area (Å²) in [6.45, 7) is 2.00. The van der Waals surface area contributed by atoms with E-state index >= 15 is 0 Å². The van der Waals surface area contributed by atoms with Crippen molar-refractivity contribution in [2.24, 2.45) is 5.92 Å². The lowest BCUT2D eigenvalue weighted by Gasteiger charge is -2.25. The number of piperidine rings is 1. The van der Waals surface area contributed by atoms with E-state index in [1.54, 1.807) is 0 Å². The van der Waals surface area contributed by atoms with Crippen molar-refractivity contribution in [1.82, 2.24) is 9.88 Å². The van der Waals surface area contributed by atoms with E-state index < -0.39 is 5.97 Å². The molecule has 0 aromatic carbocycles. The lowest BCUT2D eigenvalue weighted by Crippen LogP contribution is -2.31. The summed E-state index contributed by atoms with van der Waals surface area (Å²) in [7, 11) is 0. The number of thiazole rings is 1. The Labute approximate surface area is 97.9 Å². The molecule has 4 nitrogen and oxygen atoms in total. The van der Waals surface area contributed by atoms with Crippen LogP contribution in [0.3, 0.4) is 0 Å². The van der Waals surface area contributed by atoms with Crippen LogP contribution >= 0.6 is 11.3 Å². The van der Waals surface area contributed by atoms with Gasteiger partial charge in [0.25, 0.3) is 0 Å². The molecule has 2 unspecified atom stereocenters. The topological polar surface area (TPSA) is 53.4 Å². The van der Waals surface area contributed by atoms with Crippen LogP contribution in [0.15, 0.2) is 5.38 Å². The first kappa shape index (κ1) is 10.2. The van der Waals surface area contributed by atoms with E-state index in [9.17, 15) is 4.79 Å². The fraction of sp³-hybridized carbons (Fsp3) is 0.636. The quantitative estimate of drug-likeness (QED) is 0.872. The summed E-state index contributed by atoms with van der Waals surface area (Å²) in [5.74, 6) is -0.0400. The maximum atomic E-state index is 10.7. The molecule has 5 heteroatoms. The number of likely N-dealkylation sites (tertiary alicyclic amines) is 1. The van der Waals surface area contributed by atoms with Gasteiger partial charge in [-0.05, 0) is 25.2 Å². The van der Waals surface area contributed by atoms with Crippen molar-refractivity contribution in [3.63, 3.8) is 0 Å². The second-order valence-corrected chi connectivity index (χ2v) is 5.57. The highest BCUT2D eigenvalue weighted by Gasteiger charge is 2.37. The van der Waals surface area contributed by atoms with Gasteiger partial charge in [0.1, 0.15) is 0 Å². The summed E-state index contributed by atoms with van der Waals surface area (Å²) in [5.41, 5.74) is 0.912. The molecule has 2 fully saturated rings. The third-order valence-electron chi connectivity index (χ3n) is 3.62. The van der Waals surface area contributed by atoms with Crippen LogP contribution in [-0.2, 0) is 6.54 Å². The molecule has 2 heterocycles. The van der Waals surface area contributed by atoms with E-state index in [-0.39, 0.29) is 5.01 Å². The van der Waals surface area contributed by atoms with Gasteiger partial charge in [0, 0.05) is 24.5 Å². The zero-order chi connectivity index (χ0) is 11.1. The Morgan fingerprint density at radius 1 is 1.62 bits per heavy atom. The predicted molar refractivity (Wildman–Crippen MR) is 60.6 cm³/mol. The third-order valence-corrected chi connectivity index (χ3v) is 4.50. The maximum absolute atomic E-state index is 10.7. The van der Waals surface area contributed by atoms with E-state index in [1.165, 1.54) is 37.1 Å². The Balaban J connectivity index is 1.68. The molecule has 1 aromatic rings. The molecule has 2 bridgehead atoms. The maximum Gasteiger partial charge on any atom is 0.365 e. The minimum absolute atomic E-state index is 0.208. The number of carbonyl (C=O) groups is 1. The molecule has 1 saturated carbocycles. The number of nitrogens with zero attached hydrogens (tertiary/aromatic N) is 2. The minimum atomic E-state index is -0.917. The first-order chi connectivity index (χ1) is 7.72. The summed E-state index contributed by atoms with van der Waals surface area (Å²) >= 11 is 1.22. The number of rotatable bonds is 3. The molecule has 86 valence electrons. The van der Waals surface area contributed by atoms with Crippen molar-refractivity contribution >= 4 is 17.3 Å². The number of fused-ring (bicyclic) bond motifs is 2. The Kier molecular flexibility index (Phi) is 2.44. The van der Waals surface area contributed by atoms with Crippen molar-refractivity contribution in [3.8, 4) is 0 Å². The van der Waals surface area contributed by atoms with Gasteiger partial charge >= 0.3 is 5.97 Å². The summed E-state index contributed by atoms with van der Waals surface area (Å²) in [6, 6.07) is 0.722. The van der Waals surface area contributed by atoms with Gasteiger partial charge in [-0.2, -0.15) is 0 Å². The normalized spacial score (nSPS) is 28.8. The Bertz CT molecular complexity index is 418. The molecule has 0 radical (unpaired) electrons. The van der Waals surface area contributed by atoms with E-state index in [4.69, 9.17) is 5.11 Å². The summed E-state index contributed by atoms with van der Waals surface area (Å²) in [5, 5.41) is 10.9. The van der Waals surface area contributed by atoms with E-state index in [2.05, 4.69) is 9.88 Å². The molecule has 0 spiro atoms. The predicted octanol–water partition coefficient (Wildman–Crippen LogP) is 1.83. The van der Waals surface area contributed by atoms with E-state index in [1.807, 2.05) is 5.38 Å². The molecule has 3 rings (SSSR count). The fourth-order valence-corrected chi connectivity index (χ4v) is 3.55. The zero-order valence-corrected chi connectivity index (χ0v) is 9.74. The molecule has 1 N–H and O–H groups in total. The standard InChI is InChI=1S/C11H14N2O2S/c14-11(15)10-12-8(6-16-10)5-13-4-7-1-2-9(13)3-7/h6-7,9H,1-5H2,(H,14,15). The van der Waals surface area contributed by atoms with E-state index in [0.717, 1.165) is 24.2 Å². The summed E-state index contributed by atoms with van der Waals surface area (Å²) < 4.78 is 0. The fourth-order valence-electron chi connectivity index (χ4n) is 2.91. The number of aromatic carboxylic acids is 1. The average molecular weight is 238 g/mol. The zero-order valence-electron chi connectivity index (χ0n) is 8.93. The number of carboxylic acid groups (broad SMARTS) is 1. The van der Waals surface area contributed by atoms with Crippen molar-refractivity contribution in [2.45, 2.75) is 31.8 Å². The van der Waals surface area contributed by atoms with Gasteiger partial charge in [-0.15, -0.1) is 11.3 Å². The average Bonchev–Trinajstić information content (AvgIpc) is 2.91. The van der Waals surface area contributed by atoms with Crippen LogP contribution in [0.5, 0.6) is 0 Å². The second-order valence-electron chi connectivity index (χ2n) is 4.71. The summed E-state index contributed by atoms with van der Waals surface area (Å²) in [6.07, 6.45) is 4.01. The molecule has 2 aliphatic rings. The number of hydrogen-bond donors (Lipinski definition) is 1. The van der Waals surface area contributed by atoms with Gasteiger partial charge in [-0.1, -0.05) is 0 Å². The minimum Gasteiger partial charge on any atom is -0.476 e. The molecule has 0 amide bonds. The first-order valence-corrected chi connectivity index (χ1v) is 6.52. The lowest BCUT2D eigenvalue weighted by molar-refractivity contribution is 0.0696. The SMILES string of the molecule is O=C(O)c1nc(CN2CC3CCC2C3)cs1. The number of aromatic nitrogens is 1. The molecular weight excluding hydrogens is 224 g/mol. The highest BCUT2D eigenvalue weighted by atomic mass is 32.1. The van der Waals surface area contributed by atoms with Gasteiger partial charge < -0.3 is 5.11 Å². The van der Waals surface area contributed by atoms with Crippen LogP contribution in [0.1, 0.15) is 34.8 Å². The second kappa shape index (κ2) is 3.82. The molecule has 1 aliphatic heterocycles. The highest BCUT2D eigenvalue weighted by Crippen LogP contribution is 2.38. The van der Waals surface area contributed by atoms with Crippen LogP contribution in [0.25, 0.3) is 0 Å². The molecule has 1 aromatic heterocycles. The van der Waals surface area contributed by atoms with E-state index in [0.29, 0.717) is 0 Å². The van der Waals surface area contributed by atoms with Crippen LogP contribution < -0.4 is 0 Å². The van der Waals surface area contributed by atoms with Crippen molar-refractivity contribution in [2.75, 3.05) is 6.54 Å². The molecule has 1 saturated heterocycles. The van der Waals surface area contributed by atoms with Crippen LogP contribution in [-0.4, -0.2) is 33.5 Å². The molecular formula is C11H14N2O2S. The monoisotopic (exact) mass is 238 g/mol. The Morgan fingerprint density at radius 3 is 3.06 bits per heavy atom. The van der Waals surface area contributed by atoms with Gasteiger partial charge in [0.05, 0.1) is 5.69 Å². The summed E-state index contributed by atoms with van der Waals surface area (Å²) in [4.78, 5) is 17.3. The van der Waals surface area contributed by atoms with Crippen molar-refractivity contribution in [1.29, 1.82) is 0 Å². The Hall–Kier alpha value is -0.940. The molecule has 1 aliphatic carbocycles. The number of hydrogen-bond acceptors (Lipinski definition) is 4. The van der Waals surface area contributed by atoms with Crippen LogP contribution in [0.2, 0.25) is 0 Å². The highest BCUT2D eigenvalue weighted by molar-refractivity contribution is 7.11. The first-order valence-electron chi connectivity index (χ1n) is 5.64. The molecule has 2 atom stereocenters. The van der Waals surface area contributed by atoms with Crippen molar-refractivity contribution in [3.05, 3.63) is 16.1 Å². The largest absolute Gasteiger partial charge is 0.476 e. The smallest absolute Gasteiger partial charge is 0.365 e. The van der Waals surface area contributed by atoms with Gasteiger partial charge in [-0.25, -0.2) is 9.78 Å². The van der Waals surface area contributed by atoms with Crippen LogP contribution in [0.4, 0.5) is 0 Å². The number of carboxylic acids is 1. The van der Waals surface area contributed by atoms with Crippen molar-refractivity contribution < 1.29 is 9.90 Å². The van der Waals surface area contributed by atoms with Gasteiger partial charge in [-0.3, -0.25) is 4.90 Å².